The Balaban J connectivity index is 2.07. The molecule has 0 bridgehead atoms. The molecule has 0 spiro atoms. The smallest absolute Gasteiger partial charge is 0.261 e. The van der Waals surface area contributed by atoms with Crippen LogP contribution in [0.3, 0.4) is 0 Å². The Morgan fingerprint density at radius 1 is 1.00 bits per heavy atom. The number of hydrogen-bond donors (Lipinski definition) is 1. The number of benzene rings is 2. The SMILES string of the molecule is CC[C@@H](Oc1ccccc1)C(=O)N[C@@H](CC(C)C)c1ccccc1. The fraction of sp³-hybridized carbons (Fsp3) is 0.381. The van der Waals surface area contributed by atoms with Gasteiger partial charge in [-0.2, -0.15) is 0 Å². The standard InChI is InChI=1S/C21H27NO2/c1-4-20(24-18-13-9-6-10-14-18)21(23)22-19(15-16(2)3)17-11-7-5-8-12-17/h5-14,16,19-20H,4,15H2,1-3H3,(H,22,23)/t19-,20+/m0/s1. The summed E-state index contributed by atoms with van der Waals surface area (Å²) in [6.07, 6.45) is 1.05. The van der Waals surface area contributed by atoms with Crippen LogP contribution >= 0.6 is 0 Å². The molecule has 128 valence electrons. The number of nitrogens with one attached hydrogen (secondary N) is 1. The Bertz CT molecular complexity index is 610. The van der Waals surface area contributed by atoms with E-state index in [9.17, 15) is 4.79 Å². The zero-order valence-electron chi connectivity index (χ0n) is 14.7. The third kappa shape index (κ3) is 5.41. The summed E-state index contributed by atoms with van der Waals surface area (Å²) in [6, 6.07) is 19.6. The molecule has 24 heavy (non-hydrogen) atoms. The van der Waals surface area contributed by atoms with Crippen molar-refractivity contribution < 1.29 is 9.53 Å². The minimum absolute atomic E-state index is 0.00660. The van der Waals surface area contributed by atoms with E-state index in [1.54, 1.807) is 0 Å². The summed E-state index contributed by atoms with van der Waals surface area (Å²) in [5, 5.41) is 3.17. The lowest BCUT2D eigenvalue weighted by Crippen LogP contribution is -2.40. The Morgan fingerprint density at radius 2 is 1.58 bits per heavy atom. The molecular formula is C21H27NO2. The zero-order chi connectivity index (χ0) is 17.4. The summed E-state index contributed by atoms with van der Waals surface area (Å²) in [5.74, 6) is 1.15. The lowest BCUT2D eigenvalue weighted by Gasteiger charge is -2.24. The highest BCUT2D eigenvalue weighted by molar-refractivity contribution is 5.81. The first-order chi connectivity index (χ1) is 11.6. The van der Waals surface area contributed by atoms with Crippen LogP contribution in [0.1, 0.15) is 45.2 Å². The third-order valence-corrected chi connectivity index (χ3v) is 3.91. The monoisotopic (exact) mass is 325 g/mol. The van der Waals surface area contributed by atoms with E-state index in [1.807, 2.05) is 55.5 Å². The van der Waals surface area contributed by atoms with Gasteiger partial charge in [0.25, 0.3) is 5.91 Å². The minimum atomic E-state index is -0.481. The molecule has 0 aliphatic rings. The summed E-state index contributed by atoms with van der Waals surface area (Å²) in [5.41, 5.74) is 1.13. The highest BCUT2D eigenvalue weighted by atomic mass is 16.5. The highest BCUT2D eigenvalue weighted by Gasteiger charge is 2.23. The van der Waals surface area contributed by atoms with E-state index in [0.29, 0.717) is 12.3 Å². The number of carbonyl (C=O) groups is 1. The number of carbonyl (C=O) groups excluding carboxylic acids is 1. The molecule has 0 aliphatic heterocycles. The van der Waals surface area contributed by atoms with E-state index < -0.39 is 6.10 Å². The van der Waals surface area contributed by atoms with E-state index >= 15 is 0 Å². The van der Waals surface area contributed by atoms with Crippen LogP contribution < -0.4 is 10.1 Å². The summed E-state index contributed by atoms with van der Waals surface area (Å²) in [7, 11) is 0. The minimum Gasteiger partial charge on any atom is -0.481 e. The van der Waals surface area contributed by atoms with E-state index in [2.05, 4.69) is 31.3 Å². The molecule has 0 unspecified atom stereocenters. The van der Waals surface area contributed by atoms with Crippen molar-refractivity contribution in [2.45, 2.75) is 45.8 Å². The molecule has 1 amide bonds. The summed E-state index contributed by atoms with van der Waals surface area (Å²) in [6.45, 7) is 6.30. The molecule has 0 aliphatic carbocycles. The number of rotatable bonds is 8. The molecule has 0 saturated carbocycles. The van der Waals surface area contributed by atoms with Gasteiger partial charge >= 0.3 is 0 Å². The van der Waals surface area contributed by atoms with Crippen molar-refractivity contribution in [1.82, 2.24) is 5.32 Å². The van der Waals surface area contributed by atoms with Crippen LogP contribution in [0.5, 0.6) is 5.75 Å². The van der Waals surface area contributed by atoms with Crippen molar-refractivity contribution in [2.24, 2.45) is 5.92 Å². The van der Waals surface area contributed by atoms with Gasteiger partial charge in [-0.25, -0.2) is 0 Å². The molecule has 0 heterocycles. The largest absolute Gasteiger partial charge is 0.481 e. The molecule has 2 rings (SSSR count). The summed E-state index contributed by atoms with van der Waals surface area (Å²) < 4.78 is 5.86. The predicted octanol–water partition coefficient (Wildman–Crippen LogP) is 4.75. The average molecular weight is 325 g/mol. The average Bonchev–Trinajstić information content (AvgIpc) is 2.60. The van der Waals surface area contributed by atoms with Crippen molar-refractivity contribution in [1.29, 1.82) is 0 Å². The first kappa shape index (κ1) is 18.1. The molecular weight excluding hydrogens is 298 g/mol. The van der Waals surface area contributed by atoms with Crippen molar-refractivity contribution in [2.75, 3.05) is 0 Å². The predicted molar refractivity (Wildman–Crippen MR) is 97.9 cm³/mol. The van der Waals surface area contributed by atoms with E-state index in [0.717, 1.165) is 17.7 Å². The van der Waals surface area contributed by atoms with Gasteiger partial charge in [0.15, 0.2) is 6.10 Å². The van der Waals surface area contributed by atoms with Crippen LogP contribution in [0, 0.1) is 5.92 Å². The molecule has 3 nitrogen and oxygen atoms in total. The van der Waals surface area contributed by atoms with Gasteiger partial charge in [-0.3, -0.25) is 4.79 Å². The van der Waals surface area contributed by atoms with E-state index in [1.165, 1.54) is 0 Å². The second-order valence-corrected chi connectivity index (χ2v) is 6.43. The van der Waals surface area contributed by atoms with Crippen LogP contribution in [0.2, 0.25) is 0 Å². The second-order valence-electron chi connectivity index (χ2n) is 6.43. The lowest BCUT2D eigenvalue weighted by atomic mass is 9.96. The number of hydrogen-bond acceptors (Lipinski definition) is 2. The van der Waals surface area contributed by atoms with Crippen molar-refractivity contribution in [3.63, 3.8) is 0 Å². The summed E-state index contributed by atoms with van der Waals surface area (Å²) in [4.78, 5) is 12.7. The van der Waals surface area contributed by atoms with Crippen molar-refractivity contribution in [3.05, 3.63) is 66.2 Å². The van der Waals surface area contributed by atoms with Gasteiger partial charge in [0.05, 0.1) is 6.04 Å². The third-order valence-electron chi connectivity index (χ3n) is 3.91. The quantitative estimate of drug-likeness (QED) is 0.761. The number of amides is 1. The number of para-hydroxylation sites is 1. The Hall–Kier alpha value is -2.29. The van der Waals surface area contributed by atoms with E-state index in [-0.39, 0.29) is 11.9 Å². The fourth-order valence-electron chi connectivity index (χ4n) is 2.69. The summed E-state index contributed by atoms with van der Waals surface area (Å²) >= 11 is 0. The molecule has 2 aromatic carbocycles. The maximum Gasteiger partial charge on any atom is 0.261 e. The van der Waals surface area contributed by atoms with Crippen molar-refractivity contribution >= 4 is 5.91 Å². The molecule has 0 fully saturated rings. The van der Waals surface area contributed by atoms with Gasteiger partial charge in [0.1, 0.15) is 5.75 Å². The Morgan fingerprint density at radius 3 is 2.12 bits per heavy atom. The first-order valence-electron chi connectivity index (χ1n) is 8.67. The van der Waals surface area contributed by atoms with E-state index in [4.69, 9.17) is 4.74 Å². The number of ether oxygens (including phenoxy) is 1. The Labute approximate surface area is 145 Å². The topological polar surface area (TPSA) is 38.3 Å². The molecule has 0 radical (unpaired) electrons. The molecule has 1 N–H and O–H groups in total. The van der Waals surface area contributed by atoms with Crippen LogP contribution in [-0.4, -0.2) is 12.0 Å². The van der Waals surface area contributed by atoms with Crippen LogP contribution in [0.4, 0.5) is 0 Å². The lowest BCUT2D eigenvalue weighted by molar-refractivity contribution is -0.129. The van der Waals surface area contributed by atoms with Gasteiger partial charge in [-0.05, 0) is 36.5 Å². The van der Waals surface area contributed by atoms with Gasteiger partial charge in [0.2, 0.25) is 0 Å². The van der Waals surface area contributed by atoms with Gasteiger partial charge in [-0.15, -0.1) is 0 Å². The van der Waals surface area contributed by atoms with Crippen LogP contribution in [0.15, 0.2) is 60.7 Å². The molecule has 0 saturated heterocycles. The Kier molecular flexibility index (Phi) is 6.86. The van der Waals surface area contributed by atoms with Crippen LogP contribution in [0.25, 0.3) is 0 Å². The van der Waals surface area contributed by atoms with Crippen molar-refractivity contribution in [3.8, 4) is 5.75 Å². The van der Waals surface area contributed by atoms with Crippen LogP contribution in [-0.2, 0) is 4.79 Å². The zero-order valence-corrected chi connectivity index (χ0v) is 14.7. The first-order valence-corrected chi connectivity index (χ1v) is 8.67. The fourth-order valence-corrected chi connectivity index (χ4v) is 2.69. The maximum atomic E-state index is 12.7. The normalized spacial score (nSPS) is 13.3. The molecule has 3 heteroatoms. The van der Waals surface area contributed by atoms with Gasteiger partial charge < -0.3 is 10.1 Å². The highest BCUT2D eigenvalue weighted by Crippen LogP contribution is 2.22. The maximum absolute atomic E-state index is 12.7. The molecule has 2 aromatic rings. The van der Waals surface area contributed by atoms with Gasteiger partial charge in [0, 0.05) is 0 Å². The second kappa shape index (κ2) is 9.11. The molecule has 0 aromatic heterocycles. The van der Waals surface area contributed by atoms with Gasteiger partial charge in [-0.1, -0.05) is 69.3 Å². The molecule has 2 atom stereocenters.